The topological polar surface area (TPSA) is 146 Å². The Morgan fingerprint density at radius 2 is 1.78 bits per heavy atom. The average Bonchev–Trinajstić information content (AvgIpc) is 3.40. The first kappa shape index (κ1) is 28.4. The lowest BCUT2D eigenvalue weighted by Crippen LogP contribution is -2.35. The van der Waals surface area contributed by atoms with Crippen LogP contribution in [0.4, 0.5) is 4.39 Å². The minimum Gasteiger partial charge on any atom is -0.439 e. The molecule has 4 aromatic rings. The Kier molecular flexibility index (Phi) is 8.18. The lowest BCUT2D eigenvalue weighted by molar-refractivity contribution is -0.0949. The van der Waals surface area contributed by atoms with E-state index in [4.69, 9.17) is 23.8 Å². The van der Waals surface area contributed by atoms with E-state index in [2.05, 4.69) is 10.1 Å². The van der Waals surface area contributed by atoms with Gasteiger partial charge in [-0.05, 0) is 42.0 Å². The number of hydrogen-bond donors (Lipinski definition) is 2. The van der Waals surface area contributed by atoms with Gasteiger partial charge in [-0.15, -0.1) is 0 Å². The number of sulfonamides is 1. The molecule has 2 heterocycles. The van der Waals surface area contributed by atoms with Crippen LogP contribution in [0.5, 0.6) is 5.75 Å². The number of halogens is 1. The van der Waals surface area contributed by atoms with Gasteiger partial charge in [0.25, 0.3) is 0 Å². The fourth-order valence-electron chi connectivity index (χ4n) is 4.78. The molecule has 3 aromatic carbocycles. The molecule has 214 valence electrons. The number of nitrogens with zero attached hydrogens (tertiary/aromatic N) is 2. The molecular weight excluding hydrogens is 553 g/mol. The van der Waals surface area contributed by atoms with Crippen molar-refractivity contribution in [2.75, 3.05) is 20.3 Å². The van der Waals surface area contributed by atoms with Crippen molar-refractivity contribution >= 4 is 15.9 Å². The van der Waals surface area contributed by atoms with Crippen molar-refractivity contribution < 1.29 is 36.6 Å². The third-order valence-electron chi connectivity index (χ3n) is 6.90. The highest BCUT2D eigenvalue weighted by molar-refractivity contribution is 7.89. The van der Waals surface area contributed by atoms with Crippen molar-refractivity contribution in [2.24, 2.45) is 10.3 Å². The van der Waals surface area contributed by atoms with Crippen molar-refractivity contribution in [2.45, 2.75) is 29.8 Å². The number of benzene rings is 3. The highest BCUT2D eigenvalue weighted by atomic mass is 32.2. The van der Waals surface area contributed by atoms with Gasteiger partial charge in [0.1, 0.15) is 23.7 Å². The van der Waals surface area contributed by atoms with Gasteiger partial charge < -0.3 is 23.8 Å². The lowest BCUT2D eigenvalue weighted by Gasteiger charge is -2.36. The maximum absolute atomic E-state index is 14.7. The van der Waals surface area contributed by atoms with E-state index in [9.17, 15) is 18.0 Å². The number of oxazole rings is 1. The van der Waals surface area contributed by atoms with Gasteiger partial charge in [0.15, 0.2) is 5.76 Å². The number of nitrogens with two attached hydrogens (primary N) is 1. The van der Waals surface area contributed by atoms with Crippen LogP contribution in [-0.4, -0.2) is 44.8 Å². The summed E-state index contributed by atoms with van der Waals surface area (Å²) in [6.45, 7) is 0.954. The molecule has 0 radical (unpaired) electrons. The molecule has 1 aliphatic heterocycles. The van der Waals surface area contributed by atoms with E-state index >= 15 is 0 Å². The van der Waals surface area contributed by atoms with Gasteiger partial charge in [-0.1, -0.05) is 35.5 Å². The predicted molar refractivity (Wildman–Crippen MR) is 147 cm³/mol. The summed E-state index contributed by atoms with van der Waals surface area (Å²) >= 11 is 0. The molecule has 1 fully saturated rings. The Morgan fingerprint density at radius 1 is 1.07 bits per heavy atom. The van der Waals surface area contributed by atoms with Crippen molar-refractivity contribution in [1.29, 1.82) is 0 Å². The van der Waals surface area contributed by atoms with Crippen LogP contribution in [0.25, 0.3) is 22.6 Å². The van der Waals surface area contributed by atoms with Gasteiger partial charge in [-0.2, -0.15) is 0 Å². The largest absolute Gasteiger partial charge is 0.439 e. The Labute approximate surface area is 236 Å². The number of rotatable bonds is 8. The van der Waals surface area contributed by atoms with Gasteiger partial charge in [-0.3, -0.25) is 0 Å². The lowest BCUT2D eigenvalue weighted by atomic mass is 9.86. The van der Waals surface area contributed by atoms with Crippen molar-refractivity contribution in [3.05, 3.63) is 90.1 Å². The van der Waals surface area contributed by atoms with Crippen LogP contribution < -0.4 is 9.88 Å². The number of hydrogen-bond acceptors (Lipinski definition) is 9. The fourth-order valence-corrected chi connectivity index (χ4v) is 5.29. The van der Waals surface area contributed by atoms with Gasteiger partial charge in [0.2, 0.25) is 21.8 Å². The van der Waals surface area contributed by atoms with Crippen LogP contribution in [-0.2, 0) is 31.5 Å². The molecule has 0 atom stereocenters. The van der Waals surface area contributed by atoms with Gasteiger partial charge in [0, 0.05) is 50.4 Å². The number of oxime groups is 1. The second-order valence-corrected chi connectivity index (χ2v) is 11.0. The molecule has 0 saturated carbocycles. The van der Waals surface area contributed by atoms with Crippen LogP contribution in [0.2, 0.25) is 0 Å². The summed E-state index contributed by atoms with van der Waals surface area (Å²) in [5.41, 5.74) is 1.64. The van der Waals surface area contributed by atoms with Crippen LogP contribution >= 0.6 is 0 Å². The molecule has 5 rings (SSSR count). The second-order valence-electron chi connectivity index (χ2n) is 9.48. The Balaban J connectivity index is 1.44. The van der Waals surface area contributed by atoms with E-state index in [1.54, 1.807) is 25.3 Å². The molecule has 1 aliphatic rings. The zero-order valence-electron chi connectivity index (χ0n) is 22.1. The molecule has 1 aromatic heterocycles. The number of primary sulfonamides is 1. The van der Waals surface area contributed by atoms with E-state index in [1.165, 1.54) is 24.3 Å². The van der Waals surface area contributed by atoms with Crippen molar-refractivity contribution in [3.8, 4) is 28.3 Å². The maximum Gasteiger partial charge on any atom is 0.240 e. The normalized spacial score (nSPS) is 15.5. The Hall–Kier alpha value is -4.10. The van der Waals surface area contributed by atoms with Gasteiger partial charge >= 0.3 is 0 Å². The number of aromatic nitrogens is 1. The summed E-state index contributed by atoms with van der Waals surface area (Å²) in [5.74, 6) is -0.0950. The van der Waals surface area contributed by atoms with E-state index in [0.717, 1.165) is 5.56 Å². The van der Waals surface area contributed by atoms with Crippen LogP contribution in [0.15, 0.2) is 87.3 Å². The first-order valence-electron chi connectivity index (χ1n) is 12.7. The number of ether oxygens (including phenoxy) is 3. The summed E-state index contributed by atoms with van der Waals surface area (Å²) in [5, 5.41) is 18.2. The van der Waals surface area contributed by atoms with Crippen LogP contribution in [0.1, 0.15) is 24.3 Å². The molecule has 0 bridgehead atoms. The molecule has 0 spiro atoms. The molecule has 0 amide bonds. The summed E-state index contributed by atoms with van der Waals surface area (Å²) in [4.78, 5) is 4.56. The standard InChI is InChI=1S/C29H28FN3O7S/c1-37-29(11-13-38-14-12-29)21-15-22(30)17-23(16-21)39-26(33-34)18-25-32-27(19-5-3-2-4-6-19)28(40-25)20-7-9-24(10-8-20)41(31,35)36/h2-10,15-17,34H,11-14,18H2,1H3,(H2,31,35,36). The van der Waals surface area contributed by atoms with Crippen molar-refractivity contribution in [3.63, 3.8) is 0 Å². The molecule has 10 nitrogen and oxygen atoms in total. The Bertz CT molecular complexity index is 1650. The van der Waals surface area contributed by atoms with Crippen molar-refractivity contribution in [1.82, 2.24) is 4.98 Å². The molecular formula is C29H28FN3O7S. The first-order chi connectivity index (χ1) is 19.7. The first-order valence-corrected chi connectivity index (χ1v) is 14.3. The minimum atomic E-state index is -3.87. The van der Waals surface area contributed by atoms with E-state index in [1.807, 2.05) is 30.3 Å². The monoisotopic (exact) mass is 581 g/mol. The smallest absolute Gasteiger partial charge is 0.240 e. The van der Waals surface area contributed by atoms with Gasteiger partial charge in [-0.25, -0.2) is 22.9 Å². The maximum atomic E-state index is 14.7. The summed E-state index contributed by atoms with van der Waals surface area (Å²) in [6.07, 6.45) is 0.931. The zero-order valence-corrected chi connectivity index (χ0v) is 22.9. The van der Waals surface area contributed by atoms with E-state index in [-0.39, 0.29) is 28.9 Å². The predicted octanol–water partition coefficient (Wildman–Crippen LogP) is 4.86. The third-order valence-corrected chi connectivity index (χ3v) is 7.83. The summed E-state index contributed by atoms with van der Waals surface area (Å²) in [6, 6.07) is 19.3. The zero-order chi connectivity index (χ0) is 29.0. The van der Waals surface area contributed by atoms with Gasteiger partial charge in [0.05, 0.1) is 10.5 Å². The third kappa shape index (κ3) is 6.30. The quantitative estimate of drug-likeness (QED) is 0.130. The highest BCUT2D eigenvalue weighted by Crippen LogP contribution is 2.38. The molecule has 12 heteroatoms. The summed E-state index contributed by atoms with van der Waals surface area (Å²) in [7, 11) is -2.30. The molecule has 3 N–H and O–H groups in total. The number of methoxy groups -OCH3 is 1. The minimum absolute atomic E-state index is 0.0455. The van der Waals surface area contributed by atoms with E-state index in [0.29, 0.717) is 48.6 Å². The SMILES string of the molecule is COC1(c2cc(F)cc(OC(Cc3nc(-c4ccccc4)c(-c4ccc(S(N)(=O)=O)cc4)o3)=NO)c2)CCOCC1. The molecule has 41 heavy (non-hydrogen) atoms. The average molecular weight is 582 g/mol. The van der Waals surface area contributed by atoms with Crippen LogP contribution in [0, 0.1) is 5.82 Å². The molecule has 0 unspecified atom stereocenters. The second kappa shape index (κ2) is 11.8. The highest BCUT2D eigenvalue weighted by Gasteiger charge is 2.35. The Morgan fingerprint density at radius 3 is 2.41 bits per heavy atom. The molecule has 1 saturated heterocycles. The molecule has 0 aliphatic carbocycles. The fraction of sp³-hybridized carbons (Fsp3) is 0.241. The van der Waals surface area contributed by atoms with E-state index < -0.39 is 21.4 Å². The van der Waals surface area contributed by atoms with Crippen LogP contribution in [0.3, 0.4) is 0 Å². The summed E-state index contributed by atoms with van der Waals surface area (Å²) < 4.78 is 61.1.